The predicted octanol–water partition coefficient (Wildman–Crippen LogP) is 4.01. The molecule has 1 saturated carbocycles. The number of benzene rings is 1. The highest BCUT2D eigenvalue weighted by atomic mass is 19.4. The molecule has 1 aromatic rings. The van der Waals surface area contributed by atoms with Crippen molar-refractivity contribution in [1.82, 2.24) is 4.90 Å². The molecule has 0 aromatic heterocycles. The SMILES string of the molecule is CCOC(=O)N1CC=C2C(C#N)C(=N)C(C#N)(C#N)[C@H](c3ccccc3C(F)(F)F)[C@@H]2C1. The van der Waals surface area contributed by atoms with Crippen LogP contribution in [0.2, 0.25) is 0 Å². The average molecular weight is 441 g/mol. The third-order valence-electron chi connectivity index (χ3n) is 5.92. The van der Waals surface area contributed by atoms with E-state index in [0.717, 1.165) is 6.07 Å². The summed E-state index contributed by atoms with van der Waals surface area (Å²) in [6.07, 6.45) is -3.96. The van der Waals surface area contributed by atoms with Crippen molar-refractivity contribution in [3.8, 4) is 18.2 Å². The number of alkyl halides is 3. The Bertz CT molecular complexity index is 1090. The molecule has 1 aliphatic carbocycles. The Morgan fingerprint density at radius 3 is 2.50 bits per heavy atom. The van der Waals surface area contributed by atoms with Crippen molar-refractivity contribution in [3.05, 3.63) is 47.0 Å². The minimum Gasteiger partial charge on any atom is -0.450 e. The first-order valence-electron chi connectivity index (χ1n) is 9.75. The zero-order valence-corrected chi connectivity index (χ0v) is 17.0. The van der Waals surface area contributed by atoms with Crippen LogP contribution in [0.4, 0.5) is 18.0 Å². The van der Waals surface area contributed by atoms with Gasteiger partial charge in [-0.1, -0.05) is 24.3 Å². The van der Waals surface area contributed by atoms with Crippen LogP contribution in [0.5, 0.6) is 0 Å². The summed E-state index contributed by atoms with van der Waals surface area (Å²) in [5, 5.41) is 38.1. The number of nitrogens with one attached hydrogen (secondary N) is 1. The van der Waals surface area contributed by atoms with E-state index in [1.165, 1.54) is 29.2 Å². The Kier molecular flexibility index (Phi) is 5.96. The minimum atomic E-state index is -4.78. The second-order valence-electron chi connectivity index (χ2n) is 7.48. The molecule has 164 valence electrons. The molecule has 3 atom stereocenters. The summed E-state index contributed by atoms with van der Waals surface area (Å²) in [4.78, 5) is 13.6. The van der Waals surface area contributed by atoms with Crippen LogP contribution < -0.4 is 0 Å². The number of fused-ring (bicyclic) bond motifs is 1. The molecule has 0 radical (unpaired) electrons. The van der Waals surface area contributed by atoms with Gasteiger partial charge in [0, 0.05) is 24.9 Å². The van der Waals surface area contributed by atoms with Gasteiger partial charge in [-0.25, -0.2) is 4.79 Å². The van der Waals surface area contributed by atoms with E-state index in [2.05, 4.69) is 0 Å². The van der Waals surface area contributed by atoms with Crippen molar-refractivity contribution in [1.29, 1.82) is 21.2 Å². The van der Waals surface area contributed by atoms with Gasteiger partial charge in [0.15, 0.2) is 5.41 Å². The molecule has 1 unspecified atom stereocenters. The van der Waals surface area contributed by atoms with Crippen molar-refractivity contribution in [2.75, 3.05) is 19.7 Å². The van der Waals surface area contributed by atoms with E-state index in [0.29, 0.717) is 5.57 Å². The number of halogens is 3. The van der Waals surface area contributed by atoms with Gasteiger partial charge in [-0.3, -0.25) is 0 Å². The molecule has 1 aliphatic heterocycles. The van der Waals surface area contributed by atoms with E-state index in [1.54, 1.807) is 19.1 Å². The van der Waals surface area contributed by atoms with Crippen molar-refractivity contribution >= 4 is 11.8 Å². The lowest BCUT2D eigenvalue weighted by molar-refractivity contribution is -0.138. The van der Waals surface area contributed by atoms with Crippen molar-refractivity contribution in [2.45, 2.75) is 19.0 Å². The van der Waals surface area contributed by atoms with Gasteiger partial charge in [0.05, 0.1) is 36.1 Å². The summed E-state index contributed by atoms with van der Waals surface area (Å²) in [5.74, 6) is -3.64. The van der Waals surface area contributed by atoms with E-state index in [-0.39, 0.29) is 25.3 Å². The summed E-state index contributed by atoms with van der Waals surface area (Å²) in [7, 11) is 0. The molecule has 2 aliphatic rings. The Morgan fingerprint density at radius 1 is 1.28 bits per heavy atom. The van der Waals surface area contributed by atoms with Crippen molar-refractivity contribution < 1.29 is 22.7 Å². The summed E-state index contributed by atoms with van der Waals surface area (Å²) in [5.41, 5.74) is -3.90. The minimum absolute atomic E-state index is 0.0376. The first kappa shape index (κ1) is 22.8. The van der Waals surface area contributed by atoms with Gasteiger partial charge in [-0.2, -0.15) is 29.0 Å². The molecule has 0 spiro atoms. The fourth-order valence-corrected chi connectivity index (χ4v) is 4.54. The van der Waals surface area contributed by atoms with Crippen LogP contribution in [0.15, 0.2) is 35.9 Å². The highest BCUT2D eigenvalue weighted by Gasteiger charge is 2.59. The van der Waals surface area contributed by atoms with Crippen molar-refractivity contribution in [3.63, 3.8) is 0 Å². The van der Waals surface area contributed by atoms with Crippen LogP contribution in [0.3, 0.4) is 0 Å². The molecule has 0 bridgehead atoms. The largest absolute Gasteiger partial charge is 0.450 e. The molecular formula is C22H18F3N5O2. The fourth-order valence-electron chi connectivity index (χ4n) is 4.54. The van der Waals surface area contributed by atoms with Gasteiger partial charge in [0.25, 0.3) is 0 Å². The van der Waals surface area contributed by atoms with Gasteiger partial charge in [-0.05, 0) is 24.1 Å². The number of hydrogen-bond donors (Lipinski definition) is 1. The van der Waals surface area contributed by atoms with E-state index < -0.39 is 46.7 Å². The van der Waals surface area contributed by atoms with Gasteiger partial charge >= 0.3 is 12.3 Å². The summed E-state index contributed by atoms with van der Waals surface area (Å²) < 4.78 is 46.6. The van der Waals surface area contributed by atoms with E-state index >= 15 is 0 Å². The maximum atomic E-state index is 13.9. The molecule has 1 fully saturated rings. The third-order valence-corrected chi connectivity index (χ3v) is 5.92. The number of nitrogens with zero attached hydrogens (tertiary/aromatic N) is 4. The average Bonchev–Trinajstić information content (AvgIpc) is 2.77. The van der Waals surface area contributed by atoms with E-state index in [9.17, 15) is 33.8 Å². The lowest BCUT2D eigenvalue weighted by Crippen LogP contribution is -2.54. The third kappa shape index (κ3) is 3.46. The maximum Gasteiger partial charge on any atom is 0.416 e. The first-order chi connectivity index (χ1) is 15.2. The predicted molar refractivity (Wildman–Crippen MR) is 105 cm³/mol. The van der Waals surface area contributed by atoms with Crippen LogP contribution >= 0.6 is 0 Å². The maximum absolute atomic E-state index is 13.9. The Balaban J connectivity index is 2.29. The summed E-state index contributed by atoms with van der Waals surface area (Å²) in [6, 6.07) is 9.99. The molecule has 1 amide bonds. The number of hydrogen-bond acceptors (Lipinski definition) is 6. The lowest BCUT2D eigenvalue weighted by atomic mass is 9.54. The van der Waals surface area contributed by atoms with Gasteiger partial charge in [-0.15, -0.1) is 0 Å². The normalized spacial score (nSPS) is 24.3. The molecule has 3 rings (SSSR count). The molecule has 0 saturated heterocycles. The summed E-state index contributed by atoms with van der Waals surface area (Å²) >= 11 is 0. The number of nitriles is 3. The second kappa shape index (κ2) is 8.36. The zero-order chi connectivity index (χ0) is 23.7. The topological polar surface area (TPSA) is 125 Å². The van der Waals surface area contributed by atoms with Crippen LogP contribution in [0.25, 0.3) is 0 Å². The number of amides is 1. The molecule has 32 heavy (non-hydrogen) atoms. The number of rotatable bonds is 2. The molecule has 1 N–H and O–H groups in total. The molecule has 7 nitrogen and oxygen atoms in total. The standard InChI is InChI=1S/C22H18F3N5O2/c1-2-32-20(31)30-8-7-13-15(9-26)19(29)21(11-27,12-28)18(16(13)10-30)14-5-3-4-6-17(14)22(23,24)25/h3-7,15-16,18,29H,2,8,10H2,1H3/t15?,16-,18-/m1/s1. The molecular weight excluding hydrogens is 423 g/mol. The molecule has 10 heteroatoms. The van der Waals surface area contributed by atoms with Crippen LogP contribution in [0.1, 0.15) is 24.0 Å². The van der Waals surface area contributed by atoms with Gasteiger partial charge in [0.1, 0.15) is 5.92 Å². The lowest BCUT2D eigenvalue weighted by Gasteiger charge is -2.47. The molecule has 1 aromatic carbocycles. The Hall–Kier alpha value is -3.84. The van der Waals surface area contributed by atoms with Crippen LogP contribution in [0, 0.1) is 56.7 Å². The Morgan fingerprint density at radius 2 is 1.94 bits per heavy atom. The van der Waals surface area contributed by atoms with Crippen LogP contribution in [-0.2, 0) is 10.9 Å². The van der Waals surface area contributed by atoms with E-state index in [1.807, 2.05) is 6.07 Å². The highest BCUT2D eigenvalue weighted by Crippen LogP contribution is 2.55. The smallest absolute Gasteiger partial charge is 0.416 e. The number of carbonyl (C=O) groups is 1. The number of carbonyl (C=O) groups excluding carboxylic acids is 1. The summed E-state index contributed by atoms with van der Waals surface area (Å²) in [6.45, 7) is 1.58. The number of ether oxygens (including phenoxy) is 1. The Labute approximate surface area is 182 Å². The fraction of sp³-hybridized carbons (Fsp3) is 0.409. The molecule has 1 heterocycles. The second-order valence-corrected chi connectivity index (χ2v) is 7.48. The van der Waals surface area contributed by atoms with Crippen molar-refractivity contribution in [2.24, 2.45) is 17.3 Å². The van der Waals surface area contributed by atoms with Gasteiger partial charge in [0.2, 0.25) is 0 Å². The van der Waals surface area contributed by atoms with Crippen LogP contribution in [-0.4, -0.2) is 36.4 Å². The quantitative estimate of drug-likeness (QED) is 0.694. The first-order valence-corrected chi connectivity index (χ1v) is 9.75. The van der Waals surface area contributed by atoms with E-state index in [4.69, 9.17) is 10.1 Å². The van der Waals surface area contributed by atoms with Gasteiger partial charge < -0.3 is 15.0 Å². The monoisotopic (exact) mass is 441 g/mol. The zero-order valence-electron chi connectivity index (χ0n) is 17.0. The highest BCUT2D eigenvalue weighted by molar-refractivity contribution is 6.01.